The number of hydrogen-bond acceptors (Lipinski definition) is 5. The number of hydrogen-bond donors (Lipinski definition) is 1. The molecule has 0 bridgehead atoms. The van der Waals surface area contributed by atoms with Gasteiger partial charge >= 0.3 is 0 Å². The van der Waals surface area contributed by atoms with Crippen LogP contribution in [0.15, 0.2) is 6.33 Å². The number of nitrogens with one attached hydrogen (secondary N) is 1. The molecule has 1 fully saturated rings. The van der Waals surface area contributed by atoms with Crippen LogP contribution >= 0.6 is 0 Å². The molecule has 0 aliphatic carbocycles. The molecule has 6 heteroatoms. The molecule has 1 N–H and O–H groups in total. The Balaban J connectivity index is 1.94. The van der Waals surface area contributed by atoms with Gasteiger partial charge in [-0.15, -0.1) is 0 Å². The van der Waals surface area contributed by atoms with Gasteiger partial charge in [0.25, 0.3) is 5.78 Å². The van der Waals surface area contributed by atoms with E-state index in [1.54, 1.807) is 6.33 Å². The number of aromatic nitrogens is 4. The molecule has 2 aromatic heterocycles. The third kappa shape index (κ3) is 2.35. The fourth-order valence-corrected chi connectivity index (χ4v) is 2.90. The molecule has 3 heterocycles. The van der Waals surface area contributed by atoms with Gasteiger partial charge in [0, 0.05) is 17.3 Å². The van der Waals surface area contributed by atoms with Gasteiger partial charge < -0.3 is 10.2 Å². The van der Waals surface area contributed by atoms with Crippen LogP contribution in [0.3, 0.4) is 0 Å². The van der Waals surface area contributed by atoms with Crippen molar-refractivity contribution < 1.29 is 0 Å². The maximum absolute atomic E-state index is 4.51. The molecule has 1 aliphatic rings. The van der Waals surface area contributed by atoms with E-state index in [4.69, 9.17) is 0 Å². The molecule has 6 nitrogen and oxygen atoms in total. The Morgan fingerprint density at radius 3 is 2.80 bits per heavy atom. The quantitative estimate of drug-likeness (QED) is 0.919. The minimum atomic E-state index is 0.505. The molecule has 0 aromatic carbocycles. The first-order chi connectivity index (χ1) is 9.69. The van der Waals surface area contributed by atoms with E-state index in [2.05, 4.69) is 39.3 Å². The highest BCUT2D eigenvalue weighted by molar-refractivity contribution is 5.53. The summed E-state index contributed by atoms with van der Waals surface area (Å²) < 4.78 is 1.84. The van der Waals surface area contributed by atoms with Crippen molar-refractivity contribution >= 4 is 11.6 Å². The van der Waals surface area contributed by atoms with Gasteiger partial charge in [-0.2, -0.15) is 14.6 Å². The summed E-state index contributed by atoms with van der Waals surface area (Å²) in [5.41, 5.74) is 2.28. The molecule has 3 rings (SSSR count). The summed E-state index contributed by atoms with van der Waals surface area (Å²) >= 11 is 0. The molecular weight excluding hydrogens is 252 g/mol. The second-order valence-electron chi connectivity index (χ2n) is 5.57. The minimum Gasteiger partial charge on any atom is -0.367 e. The standard InChI is InChI=1S/C14H22N6/c1-4-12-10(2)17-14-15-9-16-20(14)13(12)18-11-5-7-19(3)8-6-11/h9,11,18H,4-8H2,1-3H3. The summed E-state index contributed by atoms with van der Waals surface area (Å²) in [4.78, 5) is 11.1. The molecule has 0 unspecified atom stereocenters. The molecular formula is C14H22N6. The fourth-order valence-electron chi connectivity index (χ4n) is 2.90. The summed E-state index contributed by atoms with van der Waals surface area (Å²) in [5, 5.41) is 8.00. The van der Waals surface area contributed by atoms with Crippen LogP contribution in [0, 0.1) is 6.92 Å². The predicted molar refractivity (Wildman–Crippen MR) is 79.0 cm³/mol. The van der Waals surface area contributed by atoms with Crippen LogP contribution in [0.1, 0.15) is 31.0 Å². The Morgan fingerprint density at radius 1 is 1.35 bits per heavy atom. The summed E-state index contributed by atoms with van der Waals surface area (Å²) in [6, 6.07) is 0.505. The van der Waals surface area contributed by atoms with Crippen molar-refractivity contribution in [3.63, 3.8) is 0 Å². The molecule has 0 saturated carbocycles. The van der Waals surface area contributed by atoms with Crippen molar-refractivity contribution in [3.05, 3.63) is 17.6 Å². The SMILES string of the molecule is CCc1c(C)nc2ncnn2c1NC1CCN(C)CC1. The maximum atomic E-state index is 4.51. The summed E-state index contributed by atoms with van der Waals surface area (Å²) in [6.07, 6.45) is 4.85. The summed E-state index contributed by atoms with van der Waals surface area (Å²) in [7, 11) is 2.18. The second-order valence-corrected chi connectivity index (χ2v) is 5.57. The van der Waals surface area contributed by atoms with Gasteiger partial charge in [-0.3, -0.25) is 0 Å². The van der Waals surface area contributed by atoms with Crippen molar-refractivity contribution in [2.45, 2.75) is 39.2 Å². The summed E-state index contributed by atoms with van der Waals surface area (Å²) in [6.45, 7) is 6.49. The number of aryl methyl sites for hydroxylation is 1. The molecule has 0 spiro atoms. The van der Waals surface area contributed by atoms with E-state index < -0.39 is 0 Å². The van der Waals surface area contributed by atoms with Crippen molar-refractivity contribution in [1.29, 1.82) is 0 Å². The lowest BCUT2D eigenvalue weighted by atomic mass is 10.0. The van der Waals surface area contributed by atoms with E-state index in [1.807, 2.05) is 11.4 Å². The van der Waals surface area contributed by atoms with Crippen molar-refractivity contribution in [1.82, 2.24) is 24.5 Å². The minimum absolute atomic E-state index is 0.505. The van der Waals surface area contributed by atoms with Gasteiger partial charge in [-0.1, -0.05) is 6.92 Å². The van der Waals surface area contributed by atoms with Crippen molar-refractivity contribution in [3.8, 4) is 0 Å². The molecule has 20 heavy (non-hydrogen) atoms. The van der Waals surface area contributed by atoms with Crippen LogP contribution in [0.5, 0.6) is 0 Å². The Hall–Kier alpha value is -1.69. The molecule has 0 radical (unpaired) electrons. The van der Waals surface area contributed by atoms with E-state index in [0.29, 0.717) is 11.8 Å². The van der Waals surface area contributed by atoms with Crippen LogP contribution in [-0.4, -0.2) is 50.7 Å². The zero-order valence-corrected chi connectivity index (χ0v) is 12.4. The first kappa shape index (κ1) is 13.3. The van der Waals surface area contributed by atoms with E-state index in [-0.39, 0.29) is 0 Å². The van der Waals surface area contributed by atoms with Crippen molar-refractivity contribution in [2.24, 2.45) is 0 Å². The first-order valence-electron chi connectivity index (χ1n) is 7.33. The number of likely N-dealkylation sites (tertiary alicyclic amines) is 1. The zero-order chi connectivity index (χ0) is 14.1. The number of nitrogens with zero attached hydrogens (tertiary/aromatic N) is 5. The van der Waals surface area contributed by atoms with Gasteiger partial charge in [0.1, 0.15) is 12.1 Å². The first-order valence-corrected chi connectivity index (χ1v) is 7.33. The van der Waals surface area contributed by atoms with Crippen molar-refractivity contribution in [2.75, 3.05) is 25.5 Å². The summed E-state index contributed by atoms with van der Waals surface area (Å²) in [5.74, 6) is 1.75. The third-order valence-electron chi connectivity index (χ3n) is 4.14. The molecule has 2 aromatic rings. The van der Waals surface area contributed by atoms with Gasteiger partial charge in [0.2, 0.25) is 0 Å². The number of rotatable bonds is 3. The smallest absolute Gasteiger partial charge is 0.254 e. The third-order valence-corrected chi connectivity index (χ3v) is 4.14. The number of anilines is 1. The lowest BCUT2D eigenvalue weighted by Gasteiger charge is -2.30. The Kier molecular flexibility index (Phi) is 3.56. The fraction of sp³-hybridized carbons (Fsp3) is 0.643. The molecule has 0 atom stereocenters. The highest BCUT2D eigenvalue weighted by atomic mass is 15.4. The molecule has 1 aliphatic heterocycles. The Bertz CT molecular complexity index is 597. The normalized spacial score (nSPS) is 17.8. The van der Waals surface area contributed by atoms with Gasteiger partial charge in [-0.05, 0) is 46.3 Å². The predicted octanol–water partition coefficient (Wildman–Crippen LogP) is 1.50. The second kappa shape index (κ2) is 5.36. The van der Waals surface area contributed by atoms with Gasteiger partial charge in [0.05, 0.1) is 0 Å². The lowest BCUT2D eigenvalue weighted by Crippen LogP contribution is -2.37. The van der Waals surface area contributed by atoms with E-state index >= 15 is 0 Å². The van der Waals surface area contributed by atoms with Gasteiger partial charge in [0.15, 0.2) is 0 Å². The Morgan fingerprint density at radius 2 is 2.10 bits per heavy atom. The number of fused-ring (bicyclic) bond motifs is 1. The largest absolute Gasteiger partial charge is 0.367 e. The van der Waals surface area contributed by atoms with E-state index in [0.717, 1.165) is 43.9 Å². The highest BCUT2D eigenvalue weighted by Gasteiger charge is 2.20. The maximum Gasteiger partial charge on any atom is 0.254 e. The van der Waals surface area contributed by atoms with Crippen LogP contribution in [0.25, 0.3) is 5.78 Å². The molecule has 0 amide bonds. The van der Waals surface area contributed by atoms with Crippen LogP contribution in [0.4, 0.5) is 5.82 Å². The topological polar surface area (TPSA) is 58.4 Å². The van der Waals surface area contributed by atoms with E-state index in [9.17, 15) is 0 Å². The average molecular weight is 274 g/mol. The van der Waals surface area contributed by atoms with Gasteiger partial charge in [-0.25, -0.2) is 4.98 Å². The zero-order valence-electron chi connectivity index (χ0n) is 12.4. The average Bonchev–Trinajstić information content (AvgIpc) is 2.89. The number of piperidine rings is 1. The van der Waals surface area contributed by atoms with Crippen LogP contribution in [0.2, 0.25) is 0 Å². The Labute approximate surface area is 119 Å². The van der Waals surface area contributed by atoms with Crippen LogP contribution in [-0.2, 0) is 6.42 Å². The highest BCUT2D eigenvalue weighted by Crippen LogP contribution is 2.22. The van der Waals surface area contributed by atoms with Crippen LogP contribution < -0.4 is 5.32 Å². The monoisotopic (exact) mass is 274 g/mol. The lowest BCUT2D eigenvalue weighted by molar-refractivity contribution is 0.263. The van der Waals surface area contributed by atoms with E-state index in [1.165, 1.54) is 5.56 Å². The molecule has 108 valence electrons. The molecule has 1 saturated heterocycles.